The van der Waals surface area contributed by atoms with Gasteiger partial charge in [-0.15, -0.1) is 0 Å². The Morgan fingerprint density at radius 1 is 1.40 bits per heavy atom. The lowest BCUT2D eigenvalue weighted by Crippen LogP contribution is -2.35. The first-order valence-corrected chi connectivity index (χ1v) is 7.12. The number of ether oxygens (including phenoxy) is 2. The molecule has 1 aromatic rings. The third-order valence-corrected chi connectivity index (χ3v) is 3.65. The van der Waals surface area contributed by atoms with Crippen molar-refractivity contribution in [3.63, 3.8) is 0 Å². The molecule has 0 unspecified atom stereocenters. The molecular formula is C16H23NO3. The van der Waals surface area contributed by atoms with Gasteiger partial charge >= 0.3 is 0 Å². The van der Waals surface area contributed by atoms with Gasteiger partial charge in [-0.1, -0.05) is 19.1 Å². The fourth-order valence-corrected chi connectivity index (χ4v) is 2.33. The molecule has 0 bridgehead atoms. The van der Waals surface area contributed by atoms with E-state index in [0.717, 1.165) is 16.8 Å². The van der Waals surface area contributed by atoms with Gasteiger partial charge in [0.1, 0.15) is 0 Å². The summed E-state index contributed by atoms with van der Waals surface area (Å²) in [6.45, 7) is 7.90. The Balaban J connectivity index is 1.89. The van der Waals surface area contributed by atoms with Crippen molar-refractivity contribution in [2.75, 3.05) is 25.1 Å². The van der Waals surface area contributed by atoms with Gasteiger partial charge in [-0.3, -0.25) is 4.79 Å². The van der Waals surface area contributed by atoms with E-state index in [4.69, 9.17) is 9.47 Å². The van der Waals surface area contributed by atoms with Gasteiger partial charge in [0, 0.05) is 12.1 Å². The lowest BCUT2D eigenvalue weighted by atomic mass is 10.00. The molecule has 1 aromatic carbocycles. The minimum atomic E-state index is 0.0214. The molecule has 1 aliphatic heterocycles. The van der Waals surface area contributed by atoms with Crippen molar-refractivity contribution in [2.24, 2.45) is 5.92 Å². The van der Waals surface area contributed by atoms with Crippen molar-refractivity contribution < 1.29 is 14.3 Å². The molecule has 1 N–H and O–H groups in total. The summed E-state index contributed by atoms with van der Waals surface area (Å²) in [5.41, 5.74) is 3.11. The molecule has 0 aromatic heterocycles. The molecule has 4 nitrogen and oxygen atoms in total. The monoisotopic (exact) mass is 277 g/mol. The molecule has 1 saturated heterocycles. The van der Waals surface area contributed by atoms with Gasteiger partial charge in [0.05, 0.1) is 25.9 Å². The van der Waals surface area contributed by atoms with Gasteiger partial charge in [-0.05, 0) is 37.0 Å². The number of carbonyl (C=O) groups excluding carboxylic acids is 1. The number of rotatable bonds is 4. The van der Waals surface area contributed by atoms with E-state index in [1.54, 1.807) is 0 Å². The standard InChI is InChI=1S/C16H23NO3/c1-11-4-5-12(2)14(8-11)17-16(18)9-13(3)15-10-19-6-7-20-15/h4-5,8,13,15H,6-7,9-10H2,1-3H3,(H,17,18)/t13-,15+/m0/s1. The summed E-state index contributed by atoms with van der Waals surface area (Å²) in [5.74, 6) is 0.181. The number of aryl methyl sites for hydroxylation is 2. The maximum absolute atomic E-state index is 12.1. The number of hydrogen-bond donors (Lipinski definition) is 1. The first-order valence-electron chi connectivity index (χ1n) is 7.12. The minimum Gasteiger partial charge on any atom is -0.376 e. The van der Waals surface area contributed by atoms with Crippen LogP contribution in [0.4, 0.5) is 5.69 Å². The van der Waals surface area contributed by atoms with E-state index >= 15 is 0 Å². The maximum Gasteiger partial charge on any atom is 0.224 e. The molecule has 0 saturated carbocycles. The van der Waals surface area contributed by atoms with Crippen molar-refractivity contribution >= 4 is 11.6 Å². The smallest absolute Gasteiger partial charge is 0.224 e. The van der Waals surface area contributed by atoms with Crippen LogP contribution in [0.2, 0.25) is 0 Å². The van der Waals surface area contributed by atoms with Gasteiger partial charge in [0.2, 0.25) is 5.91 Å². The highest BCUT2D eigenvalue weighted by Gasteiger charge is 2.23. The summed E-state index contributed by atoms with van der Waals surface area (Å²) in [6.07, 6.45) is 0.467. The van der Waals surface area contributed by atoms with Crippen LogP contribution in [0.1, 0.15) is 24.5 Å². The Morgan fingerprint density at radius 3 is 2.90 bits per heavy atom. The Bertz CT molecular complexity index is 467. The van der Waals surface area contributed by atoms with Crippen molar-refractivity contribution in [1.29, 1.82) is 0 Å². The maximum atomic E-state index is 12.1. The van der Waals surface area contributed by atoms with Gasteiger partial charge < -0.3 is 14.8 Å². The highest BCUT2D eigenvalue weighted by atomic mass is 16.6. The highest BCUT2D eigenvalue weighted by molar-refractivity contribution is 5.91. The molecule has 2 atom stereocenters. The molecule has 1 aliphatic rings. The molecule has 4 heteroatoms. The molecule has 1 heterocycles. The Labute approximate surface area is 120 Å². The second kappa shape index (κ2) is 6.86. The SMILES string of the molecule is Cc1ccc(C)c(NC(=O)C[C@H](C)[C@H]2COCCO2)c1. The van der Waals surface area contributed by atoms with Crippen LogP contribution >= 0.6 is 0 Å². The average molecular weight is 277 g/mol. The number of hydrogen-bond acceptors (Lipinski definition) is 3. The van der Waals surface area contributed by atoms with Crippen molar-refractivity contribution in [3.8, 4) is 0 Å². The quantitative estimate of drug-likeness (QED) is 0.920. The molecule has 2 rings (SSSR count). The Kier molecular flexibility index (Phi) is 5.15. The second-order valence-electron chi connectivity index (χ2n) is 5.53. The average Bonchev–Trinajstić information content (AvgIpc) is 2.43. The summed E-state index contributed by atoms with van der Waals surface area (Å²) in [5, 5.41) is 2.99. The van der Waals surface area contributed by atoms with Crippen molar-refractivity contribution in [3.05, 3.63) is 29.3 Å². The number of carbonyl (C=O) groups is 1. The van der Waals surface area contributed by atoms with Gasteiger partial charge in [0.25, 0.3) is 0 Å². The summed E-state index contributed by atoms with van der Waals surface area (Å²) < 4.78 is 11.0. The highest BCUT2D eigenvalue weighted by Crippen LogP contribution is 2.19. The van der Waals surface area contributed by atoms with E-state index in [1.165, 1.54) is 0 Å². The van der Waals surface area contributed by atoms with Gasteiger partial charge in [0.15, 0.2) is 0 Å². The fraction of sp³-hybridized carbons (Fsp3) is 0.562. The van der Waals surface area contributed by atoms with Crippen LogP contribution in [0.25, 0.3) is 0 Å². The van der Waals surface area contributed by atoms with E-state index in [0.29, 0.717) is 26.2 Å². The summed E-state index contributed by atoms with van der Waals surface area (Å²) in [7, 11) is 0. The molecule has 0 spiro atoms. The van der Waals surface area contributed by atoms with Crippen LogP contribution in [0.5, 0.6) is 0 Å². The zero-order valence-corrected chi connectivity index (χ0v) is 12.4. The van der Waals surface area contributed by atoms with Gasteiger partial charge in [-0.2, -0.15) is 0 Å². The van der Waals surface area contributed by atoms with Crippen molar-refractivity contribution in [1.82, 2.24) is 0 Å². The summed E-state index contributed by atoms with van der Waals surface area (Å²) in [6, 6.07) is 6.06. The lowest BCUT2D eigenvalue weighted by Gasteiger charge is -2.27. The zero-order valence-electron chi connectivity index (χ0n) is 12.4. The first-order chi connectivity index (χ1) is 9.56. The molecule has 1 fully saturated rings. The van der Waals surface area contributed by atoms with Crippen LogP contribution in [0.3, 0.4) is 0 Å². The normalized spacial score (nSPS) is 20.4. The fourth-order valence-electron chi connectivity index (χ4n) is 2.33. The molecule has 110 valence electrons. The third-order valence-electron chi connectivity index (χ3n) is 3.65. The van der Waals surface area contributed by atoms with Crippen LogP contribution in [0, 0.1) is 19.8 Å². The Hall–Kier alpha value is -1.39. The second-order valence-corrected chi connectivity index (χ2v) is 5.53. The van der Waals surface area contributed by atoms with E-state index in [1.807, 2.05) is 39.0 Å². The third kappa shape index (κ3) is 4.05. The Morgan fingerprint density at radius 2 is 2.20 bits per heavy atom. The van der Waals surface area contributed by atoms with Crippen LogP contribution in [-0.4, -0.2) is 31.8 Å². The number of nitrogens with one attached hydrogen (secondary N) is 1. The van der Waals surface area contributed by atoms with E-state index in [-0.39, 0.29) is 17.9 Å². The number of anilines is 1. The molecular weight excluding hydrogens is 254 g/mol. The van der Waals surface area contributed by atoms with E-state index in [2.05, 4.69) is 5.32 Å². The zero-order chi connectivity index (χ0) is 14.5. The predicted molar refractivity (Wildman–Crippen MR) is 78.9 cm³/mol. The van der Waals surface area contributed by atoms with Gasteiger partial charge in [-0.25, -0.2) is 0 Å². The number of amides is 1. The topological polar surface area (TPSA) is 47.6 Å². The van der Waals surface area contributed by atoms with Crippen molar-refractivity contribution in [2.45, 2.75) is 33.3 Å². The minimum absolute atomic E-state index is 0.0214. The summed E-state index contributed by atoms with van der Waals surface area (Å²) >= 11 is 0. The summed E-state index contributed by atoms with van der Waals surface area (Å²) in [4.78, 5) is 12.1. The van der Waals surface area contributed by atoms with Crippen LogP contribution in [-0.2, 0) is 14.3 Å². The van der Waals surface area contributed by atoms with E-state index < -0.39 is 0 Å². The van der Waals surface area contributed by atoms with Crippen LogP contribution < -0.4 is 5.32 Å². The predicted octanol–water partition coefficient (Wildman–Crippen LogP) is 2.68. The lowest BCUT2D eigenvalue weighted by molar-refractivity contribution is -0.125. The number of benzene rings is 1. The first kappa shape index (κ1) is 15.0. The molecule has 0 radical (unpaired) electrons. The molecule has 0 aliphatic carbocycles. The van der Waals surface area contributed by atoms with E-state index in [9.17, 15) is 4.79 Å². The molecule has 1 amide bonds. The largest absolute Gasteiger partial charge is 0.376 e. The van der Waals surface area contributed by atoms with Crippen LogP contribution in [0.15, 0.2) is 18.2 Å². The molecule has 20 heavy (non-hydrogen) atoms.